The second kappa shape index (κ2) is 15.5. The number of likely N-dealkylation sites (N-methyl/N-ethyl adjacent to an activating group) is 3. The predicted octanol–water partition coefficient (Wildman–Crippen LogP) is -1.07. The lowest BCUT2D eigenvalue weighted by Gasteiger charge is -2.35. The standard InChI is InChI=1S/C27H47N3O10/c1-9-11-12-17(29-7)22(34)25(5,38)19(32)14-26(39,21(33)16(4)28-6)23(35)27(40,24(36)37)13-18(31)20(30-8)15(3)10-2/h15-17,20,28-30,38-40H,9-14H2,1-8H3,(H,36,37)/t15-,16+,17+,20+,25?,26?,27?/m0/s1. The highest BCUT2D eigenvalue weighted by Crippen LogP contribution is 2.30. The van der Waals surface area contributed by atoms with Crippen LogP contribution in [0.2, 0.25) is 0 Å². The number of carboxylic acids is 1. The van der Waals surface area contributed by atoms with Crippen LogP contribution < -0.4 is 16.0 Å². The average molecular weight is 574 g/mol. The second-order valence-corrected chi connectivity index (χ2v) is 10.5. The first kappa shape index (κ1) is 37.6. The number of carbonyl (C=O) groups is 6. The summed E-state index contributed by atoms with van der Waals surface area (Å²) in [6.07, 6.45) is -0.802. The van der Waals surface area contributed by atoms with Crippen molar-refractivity contribution >= 4 is 34.9 Å². The van der Waals surface area contributed by atoms with Crippen LogP contribution in [0.25, 0.3) is 0 Å². The zero-order valence-corrected chi connectivity index (χ0v) is 24.8. The Morgan fingerprint density at radius 1 is 0.800 bits per heavy atom. The number of aliphatic carboxylic acids is 1. The van der Waals surface area contributed by atoms with E-state index in [2.05, 4.69) is 16.0 Å². The van der Waals surface area contributed by atoms with Crippen molar-refractivity contribution in [1.29, 1.82) is 0 Å². The Morgan fingerprint density at radius 2 is 1.35 bits per heavy atom. The number of unbranched alkanes of at least 4 members (excludes halogenated alkanes) is 1. The lowest BCUT2D eigenvalue weighted by atomic mass is 9.72. The number of hydrogen-bond acceptors (Lipinski definition) is 12. The summed E-state index contributed by atoms with van der Waals surface area (Å²) in [5, 5.41) is 51.0. The summed E-state index contributed by atoms with van der Waals surface area (Å²) >= 11 is 0. The first-order chi connectivity index (χ1) is 18.4. The highest BCUT2D eigenvalue weighted by molar-refractivity contribution is 6.25. The van der Waals surface area contributed by atoms with Gasteiger partial charge in [-0.15, -0.1) is 0 Å². The number of nitrogens with one attached hydrogen (secondary N) is 3. The fourth-order valence-corrected chi connectivity index (χ4v) is 4.42. The minimum atomic E-state index is -3.61. The molecular weight excluding hydrogens is 526 g/mol. The number of aliphatic hydroxyl groups is 3. The number of hydrogen-bond donors (Lipinski definition) is 7. The van der Waals surface area contributed by atoms with Gasteiger partial charge in [-0.25, -0.2) is 4.79 Å². The van der Waals surface area contributed by atoms with Crippen LogP contribution in [-0.4, -0.2) is 111 Å². The molecule has 3 unspecified atom stereocenters. The van der Waals surface area contributed by atoms with Crippen molar-refractivity contribution in [2.24, 2.45) is 5.92 Å². The molecule has 0 spiro atoms. The number of Topliss-reactive ketones (excluding diaryl/α,β-unsaturated/α-hetero) is 5. The molecule has 7 atom stereocenters. The van der Waals surface area contributed by atoms with Gasteiger partial charge in [0.25, 0.3) is 0 Å². The Bertz CT molecular complexity index is 953. The van der Waals surface area contributed by atoms with Gasteiger partial charge in [0.15, 0.2) is 34.3 Å². The fourth-order valence-electron chi connectivity index (χ4n) is 4.42. The number of carboxylic acid groups (broad SMARTS) is 1. The molecule has 7 N–H and O–H groups in total. The molecule has 0 aliphatic rings. The van der Waals surface area contributed by atoms with Gasteiger partial charge >= 0.3 is 5.97 Å². The molecule has 0 rings (SSSR count). The molecule has 0 aromatic heterocycles. The first-order valence-electron chi connectivity index (χ1n) is 13.5. The third-order valence-corrected chi connectivity index (χ3v) is 7.59. The van der Waals surface area contributed by atoms with E-state index in [1.165, 1.54) is 28.1 Å². The fraction of sp³-hybridized carbons (Fsp3) is 0.778. The van der Waals surface area contributed by atoms with Gasteiger partial charge < -0.3 is 36.4 Å². The maximum absolute atomic E-state index is 13.6. The normalized spacial score (nSPS) is 19.2. The van der Waals surface area contributed by atoms with Gasteiger partial charge in [0.1, 0.15) is 0 Å². The van der Waals surface area contributed by atoms with E-state index >= 15 is 0 Å². The molecule has 0 saturated carbocycles. The minimum absolute atomic E-state index is 0.262. The maximum Gasteiger partial charge on any atom is 0.344 e. The molecule has 0 saturated heterocycles. The third-order valence-electron chi connectivity index (χ3n) is 7.59. The summed E-state index contributed by atoms with van der Waals surface area (Å²) in [4.78, 5) is 78.3. The van der Waals surface area contributed by atoms with Gasteiger partial charge in [-0.1, -0.05) is 40.0 Å². The van der Waals surface area contributed by atoms with Crippen molar-refractivity contribution in [3.63, 3.8) is 0 Å². The molecule has 13 nitrogen and oxygen atoms in total. The molecule has 13 heteroatoms. The summed E-state index contributed by atoms with van der Waals surface area (Å²) in [6.45, 7) is 7.39. The number of ketones is 5. The minimum Gasteiger partial charge on any atom is -0.479 e. The average Bonchev–Trinajstić information content (AvgIpc) is 2.91. The van der Waals surface area contributed by atoms with Crippen LogP contribution in [-0.2, 0) is 28.8 Å². The lowest BCUT2D eigenvalue weighted by molar-refractivity contribution is -0.181. The molecule has 40 heavy (non-hydrogen) atoms. The van der Waals surface area contributed by atoms with E-state index < -0.39 is 82.7 Å². The highest BCUT2D eigenvalue weighted by atomic mass is 16.4. The Kier molecular flexibility index (Phi) is 14.6. The molecule has 230 valence electrons. The molecule has 0 bridgehead atoms. The van der Waals surface area contributed by atoms with Crippen LogP contribution in [0.15, 0.2) is 0 Å². The lowest BCUT2D eigenvalue weighted by Crippen LogP contribution is -2.66. The van der Waals surface area contributed by atoms with Gasteiger partial charge in [-0.3, -0.25) is 24.0 Å². The zero-order valence-electron chi connectivity index (χ0n) is 24.8. The number of carbonyl (C=O) groups excluding carboxylic acids is 5. The van der Waals surface area contributed by atoms with Gasteiger partial charge in [-0.2, -0.15) is 0 Å². The topological polar surface area (TPSA) is 219 Å². The van der Waals surface area contributed by atoms with Crippen LogP contribution in [0.5, 0.6) is 0 Å². The molecule has 0 aromatic rings. The summed E-state index contributed by atoms with van der Waals surface area (Å²) in [5.74, 6) is -9.29. The largest absolute Gasteiger partial charge is 0.479 e. The van der Waals surface area contributed by atoms with Crippen LogP contribution in [0.1, 0.15) is 73.1 Å². The van der Waals surface area contributed by atoms with Crippen molar-refractivity contribution < 1.29 is 49.2 Å². The van der Waals surface area contributed by atoms with Crippen LogP contribution in [0.4, 0.5) is 0 Å². The van der Waals surface area contributed by atoms with Crippen molar-refractivity contribution in [1.82, 2.24) is 16.0 Å². The quantitative estimate of drug-likeness (QED) is 0.0814. The summed E-state index contributed by atoms with van der Waals surface area (Å²) in [6, 6.07) is -3.27. The van der Waals surface area contributed by atoms with Gasteiger partial charge in [0.05, 0.1) is 31.0 Å². The van der Waals surface area contributed by atoms with E-state index in [1.54, 1.807) is 13.8 Å². The third kappa shape index (κ3) is 8.30. The Balaban J connectivity index is 6.71. The summed E-state index contributed by atoms with van der Waals surface area (Å²) < 4.78 is 0. The predicted molar refractivity (Wildman–Crippen MR) is 146 cm³/mol. The molecule has 0 aliphatic carbocycles. The van der Waals surface area contributed by atoms with Gasteiger partial charge in [0, 0.05) is 0 Å². The second-order valence-electron chi connectivity index (χ2n) is 10.5. The summed E-state index contributed by atoms with van der Waals surface area (Å²) in [7, 11) is 4.16. The van der Waals surface area contributed by atoms with Gasteiger partial charge in [-0.05, 0) is 47.3 Å². The van der Waals surface area contributed by atoms with Gasteiger partial charge in [0.2, 0.25) is 11.4 Å². The Labute approximate surface area is 235 Å². The van der Waals surface area contributed by atoms with Crippen molar-refractivity contribution in [3.05, 3.63) is 0 Å². The first-order valence-corrected chi connectivity index (χ1v) is 13.5. The Morgan fingerprint density at radius 3 is 1.75 bits per heavy atom. The summed E-state index contributed by atoms with van der Waals surface area (Å²) in [5.41, 5.74) is -9.91. The molecule has 0 heterocycles. The van der Waals surface area contributed by atoms with Crippen LogP contribution >= 0.6 is 0 Å². The molecule has 0 fully saturated rings. The van der Waals surface area contributed by atoms with Crippen molar-refractivity contribution in [2.75, 3.05) is 21.1 Å². The zero-order chi connectivity index (χ0) is 31.6. The number of rotatable bonds is 21. The van der Waals surface area contributed by atoms with E-state index in [-0.39, 0.29) is 12.3 Å². The van der Waals surface area contributed by atoms with Crippen LogP contribution in [0, 0.1) is 5.92 Å². The molecule has 0 aliphatic heterocycles. The molecule has 0 aromatic carbocycles. The van der Waals surface area contributed by atoms with Crippen molar-refractivity contribution in [2.45, 2.75) is 108 Å². The SMILES string of the molecule is CCCC[C@@H](NC)C(=O)C(C)(O)C(=O)CC(O)(C(=O)[C@@H](C)NC)C(=O)C(O)(CC(=O)[C@H](NC)[C@@H](C)CC)C(=O)O. The smallest absolute Gasteiger partial charge is 0.344 e. The van der Waals surface area contributed by atoms with E-state index in [4.69, 9.17) is 0 Å². The van der Waals surface area contributed by atoms with E-state index in [0.717, 1.165) is 6.92 Å². The Hall–Kier alpha value is -2.42. The van der Waals surface area contributed by atoms with Crippen LogP contribution in [0.3, 0.4) is 0 Å². The maximum atomic E-state index is 13.6. The molecule has 0 radical (unpaired) electrons. The molecule has 0 amide bonds. The monoisotopic (exact) mass is 573 g/mol. The van der Waals surface area contributed by atoms with Crippen molar-refractivity contribution in [3.8, 4) is 0 Å². The van der Waals surface area contributed by atoms with E-state index in [9.17, 15) is 49.2 Å². The highest BCUT2D eigenvalue weighted by Gasteiger charge is 2.61. The van der Waals surface area contributed by atoms with E-state index in [1.807, 2.05) is 6.92 Å². The molecular formula is C27H47N3O10. The van der Waals surface area contributed by atoms with E-state index in [0.29, 0.717) is 19.3 Å².